The number of nitrogens with zero attached hydrogens (tertiary/aromatic N) is 1. The van der Waals surface area contributed by atoms with E-state index in [1.54, 1.807) is 11.0 Å². The zero-order valence-corrected chi connectivity index (χ0v) is 10.5. The minimum atomic E-state index is -0.935. The second kappa shape index (κ2) is 3.57. The largest absolute Gasteiger partial charge is 0.481 e. The van der Waals surface area contributed by atoms with Crippen LogP contribution in [-0.4, -0.2) is 46.2 Å². The molecule has 3 heterocycles. The quantitative estimate of drug-likeness (QED) is 0.748. The van der Waals surface area contributed by atoms with E-state index in [0.29, 0.717) is 6.54 Å². The molecular formula is C13H17NO4. The molecule has 3 aliphatic rings. The van der Waals surface area contributed by atoms with Gasteiger partial charge in [0.2, 0.25) is 5.91 Å². The van der Waals surface area contributed by atoms with Crippen molar-refractivity contribution in [2.75, 3.05) is 6.54 Å². The zero-order chi connectivity index (χ0) is 13.1. The molecule has 2 saturated heterocycles. The van der Waals surface area contributed by atoms with Crippen molar-refractivity contribution in [3.8, 4) is 0 Å². The lowest BCUT2D eigenvalue weighted by Gasteiger charge is -2.26. The van der Waals surface area contributed by atoms with Crippen LogP contribution in [0.15, 0.2) is 12.2 Å². The molecule has 3 rings (SSSR count). The average molecular weight is 251 g/mol. The van der Waals surface area contributed by atoms with Crippen molar-refractivity contribution in [1.29, 1.82) is 0 Å². The van der Waals surface area contributed by atoms with Gasteiger partial charge in [-0.15, -0.1) is 0 Å². The first-order chi connectivity index (χ1) is 8.50. The van der Waals surface area contributed by atoms with Gasteiger partial charge in [-0.2, -0.15) is 0 Å². The van der Waals surface area contributed by atoms with Gasteiger partial charge in [0.15, 0.2) is 0 Å². The maximum atomic E-state index is 12.4. The molecule has 0 aliphatic carbocycles. The van der Waals surface area contributed by atoms with Crippen LogP contribution in [0.3, 0.4) is 0 Å². The minimum Gasteiger partial charge on any atom is -0.481 e. The predicted molar refractivity (Wildman–Crippen MR) is 62.8 cm³/mol. The van der Waals surface area contributed by atoms with Gasteiger partial charge in [0.05, 0.1) is 18.6 Å². The smallest absolute Gasteiger partial charge is 0.310 e. The summed E-state index contributed by atoms with van der Waals surface area (Å²) in [5.41, 5.74) is -0.686. The monoisotopic (exact) mass is 251 g/mol. The van der Waals surface area contributed by atoms with E-state index >= 15 is 0 Å². The first-order valence-electron chi connectivity index (χ1n) is 6.40. The van der Waals surface area contributed by atoms with Crippen molar-refractivity contribution in [3.63, 3.8) is 0 Å². The summed E-state index contributed by atoms with van der Waals surface area (Å²) in [6, 6.07) is 0.128. The molecule has 0 aromatic carbocycles. The summed E-state index contributed by atoms with van der Waals surface area (Å²) in [6.45, 7) is 4.50. The van der Waals surface area contributed by atoms with E-state index in [9.17, 15) is 14.7 Å². The Balaban J connectivity index is 1.97. The van der Waals surface area contributed by atoms with Gasteiger partial charge in [-0.3, -0.25) is 9.59 Å². The second-order valence-corrected chi connectivity index (χ2v) is 5.46. The molecule has 0 saturated carbocycles. The van der Waals surface area contributed by atoms with Gasteiger partial charge < -0.3 is 14.7 Å². The van der Waals surface area contributed by atoms with Gasteiger partial charge in [-0.25, -0.2) is 0 Å². The molecule has 1 N–H and O–H groups in total. The molecular weight excluding hydrogens is 234 g/mol. The number of hydrogen-bond donors (Lipinski definition) is 1. The topological polar surface area (TPSA) is 66.8 Å². The molecule has 5 nitrogen and oxygen atoms in total. The number of carbonyl (C=O) groups excluding carboxylic acids is 1. The number of fused-ring (bicyclic) bond motifs is 1. The Labute approximate surface area is 105 Å². The van der Waals surface area contributed by atoms with Crippen LogP contribution < -0.4 is 0 Å². The average Bonchev–Trinajstić information content (AvgIpc) is 2.96. The number of carboxylic acid groups (broad SMARTS) is 1. The normalized spacial score (nSPS) is 42.4. The number of ether oxygens (including phenoxy) is 1. The molecule has 2 fully saturated rings. The molecule has 1 amide bonds. The summed E-state index contributed by atoms with van der Waals surface area (Å²) >= 11 is 0. The number of amides is 1. The molecule has 0 radical (unpaired) electrons. The number of rotatable bonds is 3. The highest BCUT2D eigenvalue weighted by atomic mass is 16.5. The molecule has 3 aliphatic heterocycles. The van der Waals surface area contributed by atoms with Crippen molar-refractivity contribution >= 4 is 11.9 Å². The molecule has 5 heteroatoms. The van der Waals surface area contributed by atoms with Gasteiger partial charge in [0.1, 0.15) is 11.5 Å². The summed E-state index contributed by atoms with van der Waals surface area (Å²) in [6.07, 6.45) is 4.11. The van der Waals surface area contributed by atoms with Crippen LogP contribution in [0.4, 0.5) is 0 Å². The van der Waals surface area contributed by atoms with Crippen LogP contribution >= 0.6 is 0 Å². The molecule has 1 spiro atoms. The highest BCUT2D eigenvalue weighted by Crippen LogP contribution is 2.52. The van der Waals surface area contributed by atoms with Gasteiger partial charge in [0, 0.05) is 6.04 Å². The van der Waals surface area contributed by atoms with Crippen molar-refractivity contribution < 1.29 is 19.4 Å². The third kappa shape index (κ3) is 1.25. The van der Waals surface area contributed by atoms with Crippen LogP contribution in [0, 0.1) is 11.8 Å². The van der Waals surface area contributed by atoms with Crippen LogP contribution in [0.25, 0.3) is 0 Å². The minimum absolute atomic E-state index is 0.0661. The number of aliphatic carboxylic acids is 1. The van der Waals surface area contributed by atoms with Crippen LogP contribution in [0.2, 0.25) is 0 Å². The Hall–Kier alpha value is -1.36. The van der Waals surface area contributed by atoms with E-state index in [1.807, 2.05) is 19.9 Å². The van der Waals surface area contributed by atoms with E-state index in [2.05, 4.69) is 0 Å². The summed E-state index contributed by atoms with van der Waals surface area (Å²) in [5, 5.41) is 9.29. The number of carbonyl (C=O) groups is 2. The standard InChI is InChI=1S/C13H17NO4/c1-3-7(2)14-6-13-5-4-8(18-13)9(12(16)17)10(13)11(14)15/h4-5,7-10H,3,6H2,1-2H3,(H,16,17)/t7-,8-,9+,10-,13+/m1/s1. The summed E-state index contributed by atoms with van der Waals surface area (Å²) < 4.78 is 5.80. The Kier molecular flexibility index (Phi) is 2.32. The number of hydrogen-bond acceptors (Lipinski definition) is 3. The van der Waals surface area contributed by atoms with Crippen LogP contribution in [0.5, 0.6) is 0 Å². The van der Waals surface area contributed by atoms with E-state index in [4.69, 9.17) is 4.74 Å². The van der Waals surface area contributed by atoms with Crippen molar-refractivity contribution in [1.82, 2.24) is 4.90 Å². The first kappa shape index (κ1) is 11.7. The highest BCUT2D eigenvalue weighted by Gasteiger charge is 2.67. The fraction of sp³-hybridized carbons (Fsp3) is 0.692. The summed E-state index contributed by atoms with van der Waals surface area (Å²) in [7, 11) is 0. The third-order valence-electron chi connectivity index (χ3n) is 4.54. The van der Waals surface area contributed by atoms with Gasteiger partial charge >= 0.3 is 5.97 Å². The Morgan fingerprint density at radius 2 is 2.44 bits per heavy atom. The predicted octanol–water partition coefficient (Wildman–Crippen LogP) is 0.651. The lowest BCUT2D eigenvalue weighted by atomic mass is 9.77. The summed E-state index contributed by atoms with van der Waals surface area (Å²) in [5.74, 6) is -2.27. The van der Waals surface area contributed by atoms with E-state index in [-0.39, 0.29) is 11.9 Å². The second-order valence-electron chi connectivity index (χ2n) is 5.46. The fourth-order valence-electron chi connectivity index (χ4n) is 3.40. The maximum Gasteiger partial charge on any atom is 0.310 e. The van der Waals surface area contributed by atoms with Crippen molar-refractivity contribution in [3.05, 3.63) is 12.2 Å². The SMILES string of the molecule is CC[C@@H](C)N1C[C@]23C=C[C@@H](O2)[C@H](C(=O)O)[C@@H]3C1=O. The molecule has 0 aromatic heterocycles. The lowest BCUT2D eigenvalue weighted by molar-refractivity contribution is -0.148. The first-order valence-corrected chi connectivity index (χ1v) is 6.40. The van der Waals surface area contributed by atoms with Crippen molar-refractivity contribution in [2.45, 2.75) is 38.0 Å². The highest BCUT2D eigenvalue weighted by molar-refractivity contribution is 5.90. The van der Waals surface area contributed by atoms with Gasteiger partial charge in [0.25, 0.3) is 0 Å². The van der Waals surface area contributed by atoms with E-state index < -0.39 is 29.5 Å². The maximum absolute atomic E-state index is 12.4. The lowest BCUT2D eigenvalue weighted by Crippen LogP contribution is -2.40. The number of carboxylic acids is 1. The third-order valence-corrected chi connectivity index (χ3v) is 4.54. The Morgan fingerprint density at radius 1 is 1.72 bits per heavy atom. The van der Waals surface area contributed by atoms with Gasteiger partial charge in [-0.1, -0.05) is 19.1 Å². The van der Waals surface area contributed by atoms with E-state index in [0.717, 1.165) is 6.42 Å². The zero-order valence-electron chi connectivity index (χ0n) is 10.5. The van der Waals surface area contributed by atoms with Gasteiger partial charge in [-0.05, 0) is 13.3 Å². The van der Waals surface area contributed by atoms with Crippen LogP contribution in [0.1, 0.15) is 20.3 Å². The van der Waals surface area contributed by atoms with E-state index in [1.165, 1.54) is 0 Å². The number of likely N-dealkylation sites (tertiary alicyclic amines) is 1. The molecule has 18 heavy (non-hydrogen) atoms. The van der Waals surface area contributed by atoms with Crippen LogP contribution in [-0.2, 0) is 14.3 Å². The van der Waals surface area contributed by atoms with Crippen molar-refractivity contribution in [2.24, 2.45) is 11.8 Å². The molecule has 5 atom stereocenters. The molecule has 2 bridgehead atoms. The fourth-order valence-corrected chi connectivity index (χ4v) is 3.40. The Morgan fingerprint density at radius 3 is 3.06 bits per heavy atom. The molecule has 0 unspecified atom stereocenters. The summed E-state index contributed by atoms with van der Waals surface area (Å²) in [4.78, 5) is 25.5. The molecule has 0 aromatic rings. The Bertz CT molecular complexity index is 446. The molecule has 98 valence electrons.